The highest BCUT2D eigenvalue weighted by Crippen LogP contribution is 2.33. The molecule has 0 radical (unpaired) electrons. The van der Waals surface area contributed by atoms with Gasteiger partial charge in [-0.15, -0.1) is 0 Å². The summed E-state index contributed by atoms with van der Waals surface area (Å²) in [5.74, 6) is -0.0460. The molecule has 10 heteroatoms. The molecule has 2 heterocycles. The summed E-state index contributed by atoms with van der Waals surface area (Å²) in [6, 6.07) is 12.7. The number of fused-ring (bicyclic) bond motifs is 1. The molecule has 0 aliphatic carbocycles. The summed E-state index contributed by atoms with van der Waals surface area (Å²) < 4.78 is 14.9. The van der Waals surface area contributed by atoms with Crippen LogP contribution < -0.4 is 10.6 Å². The molecule has 29 heavy (non-hydrogen) atoms. The van der Waals surface area contributed by atoms with E-state index in [0.717, 1.165) is 15.6 Å². The monoisotopic (exact) mass is 428 g/mol. The normalized spacial score (nSPS) is 10.9. The highest BCUT2D eigenvalue weighted by Gasteiger charge is 2.12. The summed E-state index contributed by atoms with van der Waals surface area (Å²) in [5.41, 5.74) is 1.79. The molecule has 4 rings (SSSR count). The van der Waals surface area contributed by atoms with Crippen molar-refractivity contribution in [3.8, 4) is 0 Å². The molecule has 0 unspecified atom stereocenters. The molecule has 2 amide bonds. The van der Waals surface area contributed by atoms with Crippen molar-refractivity contribution in [2.24, 2.45) is 0 Å². The number of nitrogens with zero attached hydrogens (tertiary/aromatic N) is 4. The van der Waals surface area contributed by atoms with Crippen molar-refractivity contribution in [3.63, 3.8) is 0 Å². The number of hydrogen-bond donors (Lipinski definition) is 2. The van der Waals surface area contributed by atoms with Gasteiger partial charge in [-0.05, 0) is 43.3 Å². The highest BCUT2D eigenvalue weighted by atomic mass is 35.5. The van der Waals surface area contributed by atoms with Crippen LogP contribution in [0.4, 0.5) is 20.6 Å². The van der Waals surface area contributed by atoms with Crippen LogP contribution in [0.5, 0.6) is 0 Å². The lowest BCUT2D eigenvalue weighted by atomic mass is 10.3. The number of carbonyl (C=O) groups excluding carboxylic acids is 1. The van der Waals surface area contributed by atoms with Crippen molar-refractivity contribution in [2.45, 2.75) is 16.8 Å². The molecule has 2 aromatic carbocycles. The van der Waals surface area contributed by atoms with E-state index in [1.54, 1.807) is 10.6 Å². The highest BCUT2D eigenvalue weighted by molar-refractivity contribution is 7.99. The molecule has 0 fully saturated rings. The first kappa shape index (κ1) is 19.2. The number of carbonyl (C=O) groups is 1. The van der Waals surface area contributed by atoms with Gasteiger partial charge in [0.25, 0.3) is 5.78 Å². The number of halogens is 2. The van der Waals surface area contributed by atoms with E-state index < -0.39 is 11.8 Å². The van der Waals surface area contributed by atoms with Crippen molar-refractivity contribution in [1.82, 2.24) is 19.6 Å². The smallest absolute Gasteiger partial charge is 0.308 e. The van der Waals surface area contributed by atoms with Gasteiger partial charge in [0.15, 0.2) is 0 Å². The second kappa shape index (κ2) is 8.06. The van der Waals surface area contributed by atoms with E-state index >= 15 is 0 Å². The van der Waals surface area contributed by atoms with E-state index in [1.165, 1.54) is 36.3 Å². The van der Waals surface area contributed by atoms with E-state index in [2.05, 4.69) is 25.7 Å². The molecule has 0 saturated heterocycles. The number of para-hydroxylation sites is 1. The van der Waals surface area contributed by atoms with E-state index in [1.807, 2.05) is 31.2 Å². The largest absolute Gasteiger partial charge is 0.323 e. The zero-order valence-corrected chi connectivity index (χ0v) is 16.6. The molecule has 146 valence electrons. The molecule has 4 aromatic rings. The maximum Gasteiger partial charge on any atom is 0.323 e. The molecule has 0 saturated carbocycles. The van der Waals surface area contributed by atoms with Crippen LogP contribution in [0, 0.1) is 12.7 Å². The molecule has 0 aliphatic rings. The van der Waals surface area contributed by atoms with Gasteiger partial charge in [0.2, 0.25) is 0 Å². The van der Waals surface area contributed by atoms with Crippen LogP contribution in [0.25, 0.3) is 5.78 Å². The SMILES string of the molecule is Cc1cc(Sc2ccccc2NC(=O)Nc2ccc(F)c(Cl)c2)n2ncnc2n1. The van der Waals surface area contributed by atoms with Crippen LogP contribution in [-0.4, -0.2) is 25.6 Å². The Morgan fingerprint density at radius 2 is 2.00 bits per heavy atom. The number of amides is 2. The molecule has 7 nitrogen and oxygen atoms in total. The standard InChI is InChI=1S/C19H14ClFN6OS/c1-11-8-17(27-18(24-11)22-10-23-27)29-16-5-3-2-4-15(16)26-19(28)25-12-6-7-14(21)13(20)9-12/h2-10H,1H3,(H2,25,26,28). The fraction of sp³-hybridized carbons (Fsp3) is 0.0526. The predicted octanol–water partition coefficient (Wildman–Crippen LogP) is 5.02. The number of urea groups is 1. The average Bonchev–Trinajstić information content (AvgIpc) is 3.15. The third-order valence-corrected chi connectivity index (χ3v) is 5.24. The van der Waals surface area contributed by atoms with Crippen LogP contribution in [0.2, 0.25) is 5.02 Å². The van der Waals surface area contributed by atoms with Crippen molar-refractivity contribution in [2.75, 3.05) is 10.6 Å². The van der Waals surface area contributed by atoms with Crippen LogP contribution >= 0.6 is 23.4 Å². The van der Waals surface area contributed by atoms with E-state index in [0.29, 0.717) is 17.2 Å². The Hall–Kier alpha value is -3.17. The first-order valence-electron chi connectivity index (χ1n) is 8.47. The molecule has 0 spiro atoms. The van der Waals surface area contributed by atoms with Crippen LogP contribution in [0.15, 0.2) is 64.8 Å². The lowest BCUT2D eigenvalue weighted by Gasteiger charge is -2.12. The van der Waals surface area contributed by atoms with Crippen LogP contribution in [-0.2, 0) is 0 Å². The topological polar surface area (TPSA) is 84.2 Å². The van der Waals surface area contributed by atoms with Crippen molar-refractivity contribution < 1.29 is 9.18 Å². The summed E-state index contributed by atoms with van der Waals surface area (Å²) in [7, 11) is 0. The van der Waals surface area contributed by atoms with Crippen molar-refractivity contribution >= 4 is 46.5 Å². The average molecular weight is 429 g/mol. The number of anilines is 2. The quantitative estimate of drug-likeness (QED) is 0.446. The van der Waals surface area contributed by atoms with Gasteiger partial charge in [-0.3, -0.25) is 0 Å². The molecular weight excluding hydrogens is 415 g/mol. The number of aryl methyl sites for hydroxylation is 1. The van der Waals surface area contributed by atoms with Crippen LogP contribution in [0.1, 0.15) is 5.69 Å². The number of benzene rings is 2. The van der Waals surface area contributed by atoms with Gasteiger partial charge in [-0.25, -0.2) is 14.2 Å². The lowest BCUT2D eigenvalue weighted by molar-refractivity contribution is 0.262. The molecular formula is C19H14ClFN6OS. The fourth-order valence-electron chi connectivity index (χ4n) is 2.60. The number of nitrogens with one attached hydrogen (secondary N) is 2. The van der Waals surface area contributed by atoms with Gasteiger partial charge in [0.1, 0.15) is 17.2 Å². The zero-order chi connectivity index (χ0) is 20.4. The van der Waals surface area contributed by atoms with Gasteiger partial charge in [-0.1, -0.05) is 35.5 Å². The summed E-state index contributed by atoms with van der Waals surface area (Å²) in [5, 5.41) is 10.4. The minimum absolute atomic E-state index is 0.0661. The maximum absolute atomic E-state index is 13.3. The van der Waals surface area contributed by atoms with Gasteiger partial charge < -0.3 is 10.6 Å². The summed E-state index contributed by atoms with van der Waals surface area (Å²) in [6.45, 7) is 1.88. The summed E-state index contributed by atoms with van der Waals surface area (Å²) >= 11 is 7.18. The van der Waals surface area contributed by atoms with E-state index in [4.69, 9.17) is 11.6 Å². The molecule has 0 atom stereocenters. The first-order valence-corrected chi connectivity index (χ1v) is 9.66. The van der Waals surface area contributed by atoms with E-state index in [-0.39, 0.29) is 5.02 Å². The Morgan fingerprint density at radius 3 is 2.83 bits per heavy atom. The number of rotatable bonds is 4. The molecule has 2 aromatic heterocycles. The Kier molecular flexibility index (Phi) is 5.32. The molecule has 0 aliphatic heterocycles. The maximum atomic E-state index is 13.3. The lowest BCUT2D eigenvalue weighted by Crippen LogP contribution is -2.19. The Morgan fingerprint density at radius 1 is 1.17 bits per heavy atom. The third kappa shape index (κ3) is 4.30. The zero-order valence-electron chi connectivity index (χ0n) is 15.1. The van der Waals surface area contributed by atoms with E-state index in [9.17, 15) is 9.18 Å². The summed E-state index contributed by atoms with van der Waals surface area (Å²) in [6.07, 6.45) is 1.44. The first-order chi connectivity index (χ1) is 14.0. The minimum atomic E-state index is -0.550. The van der Waals surface area contributed by atoms with Gasteiger partial charge in [-0.2, -0.15) is 14.6 Å². The van der Waals surface area contributed by atoms with Gasteiger partial charge in [0, 0.05) is 16.3 Å². The Labute approximate surface area is 174 Å². The number of hydrogen-bond acceptors (Lipinski definition) is 5. The van der Waals surface area contributed by atoms with Gasteiger partial charge >= 0.3 is 6.03 Å². The second-order valence-corrected chi connectivity index (χ2v) is 7.48. The van der Waals surface area contributed by atoms with Crippen LogP contribution in [0.3, 0.4) is 0 Å². The summed E-state index contributed by atoms with van der Waals surface area (Å²) in [4.78, 5) is 21.7. The Bertz CT molecular complexity index is 1210. The van der Waals surface area contributed by atoms with Gasteiger partial charge in [0.05, 0.1) is 10.7 Å². The number of aromatic nitrogens is 4. The molecule has 0 bridgehead atoms. The second-order valence-electron chi connectivity index (χ2n) is 6.01. The predicted molar refractivity (Wildman–Crippen MR) is 110 cm³/mol. The fourth-order valence-corrected chi connectivity index (χ4v) is 3.83. The third-order valence-electron chi connectivity index (χ3n) is 3.87. The Balaban J connectivity index is 1.55. The molecule has 2 N–H and O–H groups in total. The van der Waals surface area contributed by atoms with Crippen molar-refractivity contribution in [1.29, 1.82) is 0 Å². The van der Waals surface area contributed by atoms with Crippen molar-refractivity contribution in [3.05, 3.63) is 71.4 Å². The minimum Gasteiger partial charge on any atom is -0.308 e.